The van der Waals surface area contributed by atoms with Crippen LogP contribution in [0.5, 0.6) is 5.75 Å². The van der Waals surface area contributed by atoms with Crippen LogP contribution < -0.4 is 10.2 Å². The van der Waals surface area contributed by atoms with Crippen molar-refractivity contribution in [1.29, 1.82) is 0 Å². The Bertz CT molecular complexity index is 1050. The standard InChI is InChI=1S/C23H18F3IN2O2/c24-23(25,26)19-3-1-2-18(12-19)13-22(30)29-28-14-16-6-10-21(11-7-16)31-15-17-4-8-20(27)9-5-17/h1-12,14H,13,15H2,(H,29,30). The van der Waals surface area contributed by atoms with Gasteiger partial charge >= 0.3 is 6.18 Å². The zero-order valence-corrected chi connectivity index (χ0v) is 18.4. The smallest absolute Gasteiger partial charge is 0.416 e. The third-order valence-corrected chi connectivity index (χ3v) is 4.94. The van der Waals surface area contributed by atoms with Crippen LogP contribution in [0.4, 0.5) is 13.2 Å². The minimum absolute atomic E-state index is 0.202. The summed E-state index contributed by atoms with van der Waals surface area (Å²) in [6.07, 6.45) is -3.19. The molecule has 1 amide bonds. The van der Waals surface area contributed by atoms with E-state index < -0.39 is 17.6 Å². The number of hydrogen-bond acceptors (Lipinski definition) is 3. The van der Waals surface area contributed by atoms with E-state index in [0.29, 0.717) is 12.4 Å². The highest BCUT2D eigenvalue weighted by Gasteiger charge is 2.30. The number of benzene rings is 3. The lowest BCUT2D eigenvalue weighted by Crippen LogP contribution is -2.20. The van der Waals surface area contributed by atoms with Gasteiger partial charge in [-0.2, -0.15) is 18.3 Å². The number of nitrogens with one attached hydrogen (secondary N) is 1. The second kappa shape index (κ2) is 10.4. The molecule has 3 aromatic rings. The predicted molar refractivity (Wildman–Crippen MR) is 121 cm³/mol. The summed E-state index contributed by atoms with van der Waals surface area (Å²) in [5.74, 6) is 0.192. The second-order valence-corrected chi connectivity index (χ2v) is 7.90. The lowest BCUT2D eigenvalue weighted by molar-refractivity contribution is -0.137. The molecule has 0 bridgehead atoms. The third kappa shape index (κ3) is 7.39. The van der Waals surface area contributed by atoms with Crippen LogP contribution in [0.2, 0.25) is 0 Å². The van der Waals surface area contributed by atoms with E-state index >= 15 is 0 Å². The van der Waals surface area contributed by atoms with Crippen molar-refractivity contribution in [2.24, 2.45) is 5.10 Å². The number of ether oxygens (including phenoxy) is 1. The van der Waals surface area contributed by atoms with Crippen molar-refractivity contribution in [3.63, 3.8) is 0 Å². The number of carbonyl (C=O) groups excluding carboxylic acids is 1. The molecular formula is C23H18F3IN2O2. The van der Waals surface area contributed by atoms with Crippen molar-refractivity contribution in [2.45, 2.75) is 19.2 Å². The highest BCUT2D eigenvalue weighted by molar-refractivity contribution is 14.1. The zero-order chi connectivity index (χ0) is 22.3. The molecule has 0 heterocycles. The van der Waals surface area contributed by atoms with Crippen LogP contribution in [0.3, 0.4) is 0 Å². The van der Waals surface area contributed by atoms with Crippen LogP contribution in [0.15, 0.2) is 77.9 Å². The van der Waals surface area contributed by atoms with Crippen LogP contribution in [-0.4, -0.2) is 12.1 Å². The molecule has 8 heteroatoms. The molecule has 31 heavy (non-hydrogen) atoms. The SMILES string of the molecule is O=C(Cc1cccc(C(F)(F)F)c1)NN=Cc1ccc(OCc2ccc(I)cc2)cc1. The van der Waals surface area contributed by atoms with E-state index in [9.17, 15) is 18.0 Å². The van der Waals surface area contributed by atoms with E-state index in [-0.39, 0.29) is 12.0 Å². The average Bonchev–Trinajstić information content (AvgIpc) is 2.74. The van der Waals surface area contributed by atoms with Crippen molar-refractivity contribution in [2.75, 3.05) is 0 Å². The molecule has 160 valence electrons. The molecule has 0 aliphatic carbocycles. The van der Waals surface area contributed by atoms with Crippen LogP contribution in [0, 0.1) is 3.57 Å². The number of rotatable bonds is 7. The summed E-state index contributed by atoms with van der Waals surface area (Å²) < 4.78 is 45.1. The van der Waals surface area contributed by atoms with Crippen LogP contribution in [0.1, 0.15) is 22.3 Å². The van der Waals surface area contributed by atoms with Gasteiger partial charge in [-0.25, -0.2) is 5.43 Å². The number of alkyl halides is 3. The van der Waals surface area contributed by atoms with Gasteiger partial charge in [-0.15, -0.1) is 0 Å². The van der Waals surface area contributed by atoms with Gasteiger partial charge in [-0.3, -0.25) is 4.79 Å². The zero-order valence-electron chi connectivity index (χ0n) is 16.2. The molecule has 0 spiro atoms. The average molecular weight is 538 g/mol. The molecule has 0 aliphatic rings. The summed E-state index contributed by atoms with van der Waals surface area (Å²) in [7, 11) is 0. The quantitative estimate of drug-likeness (QED) is 0.243. The fraction of sp³-hybridized carbons (Fsp3) is 0.130. The molecular weight excluding hydrogens is 520 g/mol. The van der Waals surface area contributed by atoms with Gasteiger partial charge in [0.1, 0.15) is 12.4 Å². The Morgan fingerprint density at radius 1 is 1.00 bits per heavy atom. The second-order valence-electron chi connectivity index (χ2n) is 6.65. The predicted octanol–water partition coefficient (Wildman–Crippen LogP) is 5.58. The van der Waals surface area contributed by atoms with Gasteiger partial charge in [-0.05, 0) is 81.7 Å². The number of nitrogens with zero attached hydrogens (tertiary/aromatic N) is 1. The van der Waals surface area contributed by atoms with E-state index in [1.807, 2.05) is 24.3 Å². The first-order valence-electron chi connectivity index (χ1n) is 9.25. The number of amides is 1. The molecule has 1 N–H and O–H groups in total. The summed E-state index contributed by atoms with van der Waals surface area (Å²) >= 11 is 2.24. The molecule has 0 aliphatic heterocycles. The van der Waals surface area contributed by atoms with E-state index in [4.69, 9.17) is 4.74 Å². The van der Waals surface area contributed by atoms with Crippen molar-refractivity contribution in [3.8, 4) is 5.75 Å². The highest BCUT2D eigenvalue weighted by Crippen LogP contribution is 2.29. The first-order valence-corrected chi connectivity index (χ1v) is 10.3. The number of halogens is 4. The molecule has 0 radical (unpaired) electrons. The maximum atomic E-state index is 12.7. The maximum Gasteiger partial charge on any atom is 0.416 e. The molecule has 4 nitrogen and oxygen atoms in total. The van der Waals surface area contributed by atoms with Crippen LogP contribution >= 0.6 is 22.6 Å². The topological polar surface area (TPSA) is 50.7 Å². The lowest BCUT2D eigenvalue weighted by atomic mass is 10.1. The van der Waals surface area contributed by atoms with Gasteiger partial charge in [0, 0.05) is 3.57 Å². The summed E-state index contributed by atoms with van der Waals surface area (Å²) in [5, 5.41) is 3.85. The minimum atomic E-state index is -4.44. The minimum Gasteiger partial charge on any atom is -0.489 e. The van der Waals surface area contributed by atoms with Gasteiger partial charge < -0.3 is 4.74 Å². The Kier molecular flexibility index (Phi) is 7.67. The fourth-order valence-electron chi connectivity index (χ4n) is 2.66. The first kappa shape index (κ1) is 22.8. The summed E-state index contributed by atoms with van der Waals surface area (Å²) in [6, 6.07) is 19.8. The molecule has 0 fully saturated rings. The van der Waals surface area contributed by atoms with E-state index in [2.05, 4.69) is 33.1 Å². The lowest BCUT2D eigenvalue weighted by Gasteiger charge is -2.08. The highest BCUT2D eigenvalue weighted by atomic mass is 127. The van der Waals surface area contributed by atoms with Crippen LogP contribution in [-0.2, 0) is 24.0 Å². The molecule has 3 aromatic carbocycles. The normalized spacial score (nSPS) is 11.5. The fourth-order valence-corrected chi connectivity index (χ4v) is 3.02. The Hall–Kier alpha value is -2.88. The number of hydrazone groups is 1. The van der Waals surface area contributed by atoms with Crippen molar-refractivity contribution in [3.05, 3.63) is 98.6 Å². The Balaban J connectivity index is 1.48. The molecule has 0 atom stereocenters. The van der Waals surface area contributed by atoms with E-state index in [1.165, 1.54) is 18.3 Å². The molecule has 3 rings (SSSR count). The van der Waals surface area contributed by atoms with Crippen molar-refractivity contribution in [1.82, 2.24) is 5.43 Å². The van der Waals surface area contributed by atoms with Crippen molar-refractivity contribution >= 4 is 34.7 Å². The maximum absolute atomic E-state index is 12.7. The molecule has 0 saturated heterocycles. The first-order chi connectivity index (χ1) is 14.8. The summed E-state index contributed by atoms with van der Waals surface area (Å²) in [6.45, 7) is 0.454. The van der Waals surface area contributed by atoms with Gasteiger partial charge in [0.25, 0.3) is 0 Å². The number of carbonyl (C=O) groups is 1. The molecule has 0 saturated carbocycles. The van der Waals surface area contributed by atoms with Gasteiger partial charge in [-0.1, -0.05) is 30.3 Å². The molecule has 0 unspecified atom stereocenters. The molecule has 0 aromatic heterocycles. The van der Waals surface area contributed by atoms with Gasteiger partial charge in [0.05, 0.1) is 18.2 Å². The van der Waals surface area contributed by atoms with Crippen LogP contribution in [0.25, 0.3) is 0 Å². The summed E-state index contributed by atoms with van der Waals surface area (Å²) in [4.78, 5) is 11.9. The number of hydrogen-bond donors (Lipinski definition) is 1. The third-order valence-electron chi connectivity index (χ3n) is 4.22. The van der Waals surface area contributed by atoms with Gasteiger partial charge in [0.15, 0.2) is 0 Å². The largest absolute Gasteiger partial charge is 0.489 e. The van der Waals surface area contributed by atoms with Crippen molar-refractivity contribution < 1.29 is 22.7 Å². The Labute approximate surface area is 191 Å². The van der Waals surface area contributed by atoms with Gasteiger partial charge in [0.2, 0.25) is 5.91 Å². The van der Waals surface area contributed by atoms with E-state index in [0.717, 1.165) is 26.8 Å². The Morgan fingerprint density at radius 3 is 2.39 bits per heavy atom. The van der Waals surface area contributed by atoms with E-state index in [1.54, 1.807) is 24.3 Å². The Morgan fingerprint density at radius 2 is 1.71 bits per heavy atom. The summed E-state index contributed by atoms with van der Waals surface area (Å²) in [5.41, 5.74) is 3.60. The monoisotopic (exact) mass is 538 g/mol.